The third-order valence-electron chi connectivity index (χ3n) is 5.26. The first kappa shape index (κ1) is 19.0. The zero-order chi connectivity index (χ0) is 19.8. The molecule has 0 unspecified atom stereocenters. The fourth-order valence-electron chi connectivity index (χ4n) is 3.54. The minimum Gasteiger partial charge on any atom is -0.497 e. The van der Waals surface area contributed by atoms with E-state index in [-0.39, 0.29) is 0 Å². The van der Waals surface area contributed by atoms with E-state index in [0.717, 1.165) is 59.6 Å². The van der Waals surface area contributed by atoms with E-state index in [1.54, 1.807) is 18.9 Å². The molecule has 0 spiro atoms. The lowest BCUT2D eigenvalue weighted by atomic mass is 10.1. The van der Waals surface area contributed by atoms with E-state index in [0.29, 0.717) is 16.9 Å². The molecule has 0 bridgehead atoms. The molecule has 2 aromatic heterocycles. The molecule has 1 aliphatic carbocycles. The highest BCUT2D eigenvalue weighted by atomic mass is 35.5. The maximum atomic E-state index is 6.48. The summed E-state index contributed by atoms with van der Waals surface area (Å²) in [4.78, 5) is 6.83. The second-order valence-electron chi connectivity index (χ2n) is 7.27. The van der Waals surface area contributed by atoms with Gasteiger partial charge in [-0.25, -0.2) is 4.98 Å². The van der Waals surface area contributed by atoms with Gasteiger partial charge in [0, 0.05) is 41.9 Å². The Morgan fingerprint density at radius 3 is 2.79 bits per heavy atom. The van der Waals surface area contributed by atoms with Gasteiger partial charge in [0.1, 0.15) is 10.9 Å². The molecule has 3 aromatic rings. The van der Waals surface area contributed by atoms with Crippen molar-refractivity contribution in [3.63, 3.8) is 0 Å². The molecule has 9 heteroatoms. The Morgan fingerprint density at radius 1 is 1.21 bits per heavy atom. The smallest absolute Gasteiger partial charge is 0.228 e. The van der Waals surface area contributed by atoms with E-state index < -0.39 is 0 Å². The number of pyridine rings is 1. The largest absolute Gasteiger partial charge is 0.497 e. The van der Waals surface area contributed by atoms with Crippen molar-refractivity contribution in [1.82, 2.24) is 19.7 Å². The fourth-order valence-corrected chi connectivity index (χ4v) is 4.80. The highest BCUT2D eigenvalue weighted by Gasteiger charge is 2.32. The molecular formula is C20H22ClN5O2S. The van der Waals surface area contributed by atoms with Crippen molar-refractivity contribution >= 4 is 40.2 Å². The molecule has 3 heterocycles. The minimum absolute atomic E-state index is 0.503. The zero-order valence-corrected chi connectivity index (χ0v) is 17.7. The minimum atomic E-state index is 0.503. The molecule has 1 aromatic carbocycles. The lowest BCUT2D eigenvalue weighted by Crippen LogP contribution is -2.38. The fraction of sp³-hybridized carbons (Fsp3) is 0.450. The van der Waals surface area contributed by atoms with Gasteiger partial charge in [-0.15, -0.1) is 10.2 Å². The molecule has 1 saturated heterocycles. The van der Waals surface area contributed by atoms with Crippen LogP contribution in [0.4, 0.5) is 5.95 Å². The monoisotopic (exact) mass is 431 g/mol. The molecule has 0 amide bonds. The number of benzene rings is 1. The van der Waals surface area contributed by atoms with E-state index in [1.807, 2.05) is 18.2 Å². The van der Waals surface area contributed by atoms with Crippen molar-refractivity contribution in [2.24, 2.45) is 0 Å². The van der Waals surface area contributed by atoms with Crippen molar-refractivity contribution < 1.29 is 9.47 Å². The van der Waals surface area contributed by atoms with Crippen molar-refractivity contribution in [2.75, 3.05) is 38.3 Å². The zero-order valence-electron chi connectivity index (χ0n) is 16.2. The number of aromatic nitrogens is 4. The van der Waals surface area contributed by atoms with Crippen LogP contribution in [0.25, 0.3) is 10.9 Å². The summed E-state index contributed by atoms with van der Waals surface area (Å²) in [7, 11) is 1.65. The Bertz CT molecular complexity index is 1030. The first-order valence-electron chi connectivity index (χ1n) is 9.76. The molecule has 2 aliphatic rings. The van der Waals surface area contributed by atoms with Gasteiger partial charge >= 0.3 is 0 Å². The van der Waals surface area contributed by atoms with Gasteiger partial charge < -0.3 is 14.4 Å². The Balaban J connectivity index is 1.38. The summed E-state index contributed by atoms with van der Waals surface area (Å²) >= 11 is 8.14. The molecular weight excluding hydrogens is 410 g/mol. The van der Waals surface area contributed by atoms with Crippen LogP contribution in [-0.2, 0) is 10.5 Å². The summed E-state index contributed by atoms with van der Waals surface area (Å²) in [6.07, 6.45) is 2.37. The third-order valence-corrected chi connectivity index (χ3v) is 6.58. The Kier molecular flexibility index (Phi) is 5.24. The molecule has 152 valence electrons. The third kappa shape index (κ3) is 3.89. The summed E-state index contributed by atoms with van der Waals surface area (Å²) in [5, 5.41) is 11.5. The van der Waals surface area contributed by atoms with Crippen LogP contribution in [0, 0.1) is 0 Å². The molecule has 1 aliphatic heterocycles. The highest BCUT2D eigenvalue weighted by molar-refractivity contribution is 7.98. The highest BCUT2D eigenvalue weighted by Crippen LogP contribution is 2.41. The van der Waals surface area contributed by atoms with Gasteiger partial charge in [-0.2, -0.15) is 0 Å². The van der Waals surface area contributed by atoms with Crippen LogP contribution in [0.1, 0.15) is 24.4 Å². The second kappa shape index (κ2) is 8.01. The van der Waals surface area contributed by atoms with Crippen LogP contribution in [-0.4, -0.2) is 53.2 Å². The van der Waals surface area contributed by atoms with Crippen LogP contribution in [0.15, 0.2) is 29.4 Å². The molecule has 1 saturated carbocycles. The van der Waals surface area contributed by atoms with E-state index in [2.05, 4.69) is 30.7 Å². The summed E-state index contributed by atoms with van der Waals surface area (Å²) in [5.74, 6) is 2.44. The van der Waals surface area contributed by atoms with Gasteiger partial charge in [0.05, 0.1) is 25.8 Å². The van der Waals surface area contributed by atoms with Gasteiger partial charge in [0.15, 0.2) is 5.16 Å². The Hall–Kier alpha value is -2.03. The van der Waals surface area contributed by atoms with E-state index >= 15 is 0 Å². The Labute approximate surface area is 178 Å². The molecule has 0 radical (unpaired) electrons. The number of anilines is 1. The summed E-state index contributed by atoms with van der Waals surface area (Å²) in [5.41, 5.74) is 1.83. The summed E-state index contributed by atoms with van der Waals surface area (Å²) in [6.45, 7) is 3.20. The molecule has 29 heavy (non-hydrogen) atoms. The van der Waals surface area contributed by atoms with Crippen molar-refractivity contribution in [2.45, 2.75) is 29.8 Å². The first-order chi connectivity index (χ1) is 14.2. The van der Waals surface area contributed by atoms with Crippen LogP contribution in [0.3, 0.4) is 0 Å². The predicted octanol–water partition coefficient (Wildman–Crippen LogP) is 3.95. The normalized spacial score (nSPS) is 17.1. The number of hydrogen-bond donors (Lipinski definition) is 0. The number of thioether (sulfide) groups is 1. The lowest BCUT2D eigenvalue weighted by Gasteiger charge is -2.27. The molecule has 7 nitrogen and oxygen atoms in total. The number of methoxy groups -OCH3 is 1. The standard InChI is InChI=1S/C20H22ClN5O2S/c1-27-16-5-2-13-10-14(18(21)22-17(13)11-16)12-29-20-24-23-19(26(20)15-3-4-15)25-6-8-28-9-7-25/h2,5,10-11,15H,3-4,6-9,12H2,1H3. The van der Waals surface area contributed by atoms with Crippen LogP contribution in [0.5, 0.6) is 5.75 Å². The number of halogens is 1. The first-order valence-corrected chi connectivity index (χ1v) is 11.1. The van der Waals surface area contributed by atoms with Gasteiger partial charge in [-0.3, -0.25) is 4.57 Å². The molecule has 2 fully saturated rings. The van der Waals surface area contributed by atoms with Crippen LogP contribution < -0.4 is 9.64 Å². The number of hydrogen-bond acceptors (Lipinski definition) is 7. The predicted molar refractivity (Wildman–Crippen MR) is 114 cm³/mol. The van der Waals surface area contributed by atoms with Crippen LogP contribution >= 0.6 is 23.4 Å². The maximum absolute atomic E-state index is 6.48. The number of morpholine rings is 1. The van der Waals surface area contributed by atoms with E-state index in [9.17, 15) is 0 Å². The second-order valence-corrected chi connectivity index (χ2v) is 8.57. The SMILES string of the molecule is COc1ccc2cc(CSc3nnc(N4CCOCC4)n3C3CC3)c(Cl)nc2c1. The van der Waals surface area contributed by atoms with Crippen LogP contribution in [0.2, 0.25) is 5.15 Å². The molecule has 5 rings (SSSR count). The molecule has 0 atom stereocenters. The number of fused-ring (bicyclic) bond motifs is 1. The lowest BCUT2D eigenvalue weighted by molar-refractivity contribution is 0.121. The van der Waals surface area contributed by atoms with E-state index in [4.69, 9.17) is 21.1 Å². The van der Waals surface area contributed by atoms with Crippen molar-refractivity contribution in [3.8, 4) is 5.75 Å². The van der Waals surface area contributed by atoms with Gasteiger partial charge in [-0.1, -0.05) is 23.4 Å². The number of nitrogens with zero attached hydrogens (tertiary/aromatic N) is 5. The summed E-state index contributed by atoms with van der Waals surface area (Å²) in [6, 6.07) is 8.44. The van der Waals surface area contributed by atoms with Gasteiger partial charge in [0.25, 0.3) is 0 Å². The average Bonchev–Trinajstić information content (AvgIpc) is 3.51. The van der Waals surface area contributed by atoms with Crippen molar-refractivity contribution in [1.29, 1.82) is 0 Å². The van der Waals surface area contributed by atoms with Crippen molar-refractivity contribution in [3.05, 3.63) is 35.0 Å². The van der Waals surface area contributed by atoms with Gasteiger partial charge in [-0.05, 0) is 31.0 Å². The average molecular weight is 432 g/mol. The summed E-state index contributed by atoms with van der Waals surface area (Å²) < 4.78 is 13.0. The van der Waals surface area contributed by atoms with Gasteiger partial charge in [0.2, 0.25) is 5.95 Å². The Morgan fingerprint density at radius 2 is 2.03 bits per heavy atom. The van der Waals surface area contributed by atoms with E-state index in [1.165, 1.54) is 12.8 Å². The maximum Gasteiger partial charge on any atom is 0.228 e. The molecule has 0 N–H and O–H groups in total. The number of rotatable bonds is 6. The quantitative estimate of drug-likeness (QED) is 0.432. The topological polar surface area (TPSA) is 65.3 Å². The number of ether oxygens (including phenoxy) is 2.